The lowest BCUT2D eigenvalue weighted by Gasteiger charge is -2.37. The second-order valence-electron chi connectivity index (χ2n) is 6.32. The lowest BCUT2D eigenvalue weighted by molar-refractivity contribution is -0.137. The van der Waals surface area contributed by atoms with Gasteiger partial charge in [-0.3, -0.25) is 4.90 Å². The molecule has 2 aromatic carbocycles. The first kappa shape index (κ1) is 18.8. The van der Waals surface area contributed by atoms with Crippen LogP contribution in [0.15, 0.2) is 42.5 Å². The molecule has 0 spiro atoms. The van der Waals surface area contributed by atoms with Crippen LogP contribution in [0.4, 0.5) is 22.0 Å². The summed E-state index contributed by atoms with van der Waals surface area (Å²) in [6, 6.07) is 8.60. The molecule has 0 amide bonds. The zero-order chi connectivity index (χ0) is 18.9. The summed E-state index contributed by atoms with van der Waals surface area (Å²) >= 11 is 0. The molecular weight excluding hydrogens is 353 g/mol. The van der Waals surface area contributed by atoms with Crippen LogP contribution in [0.5, 0.6) is 0 Å². The van der Waals surface area contributed by atoms with Gasteiger partial charge in [-0.05, 0) is 42.3 Å². The molecule has 26 heavy (non-hydrogen) atoms. The van der Waals surface area contributed by atoms with Crippen LogP contribution in [0.3, 0.4) is 0 Å². The van der Waals surface area contributed by atoms with Gasteiger partial charge in [0.2, 0.25) is 0 Å². The minimum atomic E-state index is -4.36. The highest BCUT2D eigenvalue weighted by atomic mass is 19.4. The van der Waals surface area contributed by atoms with E-state index >= 15 is 0 Å². The van der Waals surface area contributed by atoms with Crippen molar-refractivity contribution in [1.29, 1.82) is 0 Å². The predicted octanol–water partition coefficient (Wildman–Crippen LogP) is 5.12. The van der Waals surface area contributed by atoms with Gasteiger partial charge in [-0.25, -0.2) is 8.78 Å². The second kappa shape index (κ2) is 7.32. The molecule has 140 valence electrons. The maximum atomic E-state index is 13.5. The SMILES string of the molecule is CC(c1ccc(C(F)(F)F)cc1)N1CCOC(c2ccc(F)c(F)c2)C1. The van der Waals surface area contributed by atoms with Gasteiger partial charge in [0.05, 0.1) is 18.3 Å². The Morgan fingerprint density at radius 3 is 2.35 bits per heavy atom. The van der Waals surface area contributed by atoms with Gasteiger partial charge >= 0.3 is 6.18 Å². The maximum Gasteiger partial charge on any atom is 0.416 e. The summed E-state index contributed by atoms with van der Waals surface area (Å²) in [7, 11) is 0. The summed E-state index contributed by atoms with van der Waals surface area (Å²) in [6.45, 7) is 3.33. The fourth-order valence-corrected chi connectivity index (χ4v) is 3.10. The zero-order valence-electron chi connectivity index (χ0n) is 14.1. The van der Waals surface area contributed by atoms with E-state index in [2.05, 4.69) is 4.90 Å². The number of alkyl halides is 3. The number of hydrogen-bond acceptors (Lipinski definition) is 2. The summed E-state index contributed by atoms with van der Waals surface area (Å²) in [5.41, 5.74) is 0.604. The second-order valence-corrected chi connectivity index (χ2v) is 6.32. The van der Waals surface area contributed by atoms with Crippen molar-refractivity contribution in [2.45, 2.75) is 25.2 Å². The molecule has 2 nitrogen and oxygen atoms in total. The van der Waals surface area contributed by atoms with Crippen LogP contribution in [-0.2, 0) is 10.9 Å². The first-order chi connectivity index (χ1) is 12.3. The van der Waals surface area contributed by atoms with E-state index in [1.54, 1.807) is 0 Å². The van der Waals surface area contributed by atoms with Gasteiger partial charge in [0.15, 0.2) is 11.6 Å². The number of ether oxygens (including phenoxy) is 1. The first-order valence-corrected chi connectivity index (χ1v) is 8.23. The van der Waals surface area contributed by atoms with Gasteiger partial charge in [-0.2, -0.15) is 13.2 Å². The van der Waals surface area contributed by atoms with E-state index in [1.807, 2.05) is 6.92 Å². The zero-order valence-corrected chi connectivity index (χ0v) is 14.1. The highest BCUT2D eigenvalue weighted by Crippen LogP contribution is 2.32. The Labute approximate surface area is 148 Å². The van der Waals surface area contributed by atoms with Gasteiger partial charge in [0, 0.05) is 19.1 Å². The number of morpholine rings is 1. The monoisotopic (exact) mass is 371 g/mol. The molecule has 2 unspecified atom stereocenters. The normalized spacial score (nSPS) is 20.2. The van der Waals surface area contributed by atoms with Crippen molar-refractivity contribution in [2.75, 3.05) is 19.7 Å². The third-order valence-electron chi connectivity index (χ3n) is 4.68. The molecule has 1 heterocycles. The largest absolute Gasteiger partial charge is 0.416 e. The Morgan fingerprint density at radius 1 is 1.04 bits per heavy atom. The molecule has 0 N–H and O–H groups in total. The molecule has 2 aromatic rings. The number of hydrogen-bond donors (Lipinski definition) is 0. The van der Waals surface area contributed by atoms with Crippen LogP contribution < -0.4 is 0 Å². The Hall–Kier alpha value is -1.99. The fraction of sp³-hybridized carbons (Fsp3) is 0.368. The summed E-state index contributed by atoms with van der Waals surface area (Å²) in [4.78, 5) is 2.05. The van der Waals surface area contributed by atoms with E-state index in [0.29, 0.717) is 25.3 Å². The summed E-state index contributed by atoms with van der Waals surface area (Å²) in [5, 5.41) is 0. The van der Waals surface area contributed by atoms with Crippen molar-refractivity contribution in [3.8, 4) is 0 Å². The number of rotatable bonds is 3. The standard InChI is InChI=1S/C19H18F5NO/c1-12(13-2-5-15(6-3-13)19(22,23)24)25-8-9-26-18(11-25)14-4-7-16(20)17(21)10-14/h2-7,10,12,18H,8-9,11H2,1H3. The van der Waals surface area contributed by atoms with E-state index in [-0.39, 0.29) is 6.04 Å². The molecule has 3 rings (SSSR count). The highest BCUT2D eigenvalue weighted by Gasteiger charge is 2.31. The molecular formula is C19H18F5NO. The van der Waals surface area contributed by atoms with Crippen LogP contribution in [-0.4, -0.2) is 24.6 Å². The van der Waals surface area contributed by atoms with Crippen molar-refractivity contribution < 1.29 is 26.7 Å². The lowest BCUT2D eigenvalue weighted by Crippen LogP contribution is -2.39. The van der Waals surface area contributed by atoms with Crippen LogP contribution in [0.1, 0.15) is 35.8 Å². The van der Waals surface area contributed by atoms with Crippen molar-refractivity contribution in [3.63, 3.8) is 0 Å². The summed E-state index contributed by atoms with van der Waals surface area (Å²) in [6.07, 6.45) is -4.78. The van der Waals surface area contributed by atoms with Gasteiger partial charge in [0.25, 0.3) is 0 Å². The molecule has 0 radical (unpaired) electrons. The van der Waals surface area contributed by atoms with E-state index in [0.717, 1.165) is 29.8 Å². The Balaban J connectivity index is 1.73. The molecule has 7 heteroatoms. The quantitative estimate of drug-likeness (QED) is 0.695. The van der Waals surface area contributed by atoms with E-state index in [1.165, 1.54) is 18.2 Å². The number of halogens is 5. The van der Waals surface area contributed by atoms with E-state index < -0.39 is 29.5 Å². The first-order valence-electron chi connectivity index (χ1n) is 8.23. The molecule has 0 aromatic heterocycles. The van der Waals surface area contributed by atoms with E-state index in [9.17, 15) is 22.0 Å². The lowest BCUT2D eigenvalue weighted by atomic mass is 10.0. The van der Waals surface area contributed by atoms with Gasteiger partial charge in [0.1, 0.15) is 0 Å². The third-order valence-corrected chi connectivity index (χ3v) is 4.68. The summed E-state index contributed by atoms with van der Waals surface area (Å²) < 4.78 is 70.3. The van der Waals surface area contributed by atoms with E-state index in [4.69, 9.17) is 4.74 Å². The average Bonchev–Trinajstić information content (AvgIpc) is 2.63. The molecule has 0 saturated carbocycles. The predicted molar refractivity (Wildman–Crippen MR) is 86.5 cm³/mol. The maximum absolute atomic E-state index is 13.5. The third kappa shape index (κ3) is 4.04. The van der Waals surface area contributed by atoms with Crippen molar-refractivity contribution in [3.05, 3.63) is 70.8 Å². The summed E-state index contributed by atoms with van der Waals surface area (Å²) in [5.74, 6) is -1.85. The molecule has 1 saturated heterocycles. The minimum absolute atomic E-state index is 0.131. The molecule has 1 aliphatic rings. The highest BCUT2D eigenvalue weighted by molar-refractivity contribution is 5.27. The molecule has 1 aliphatic heterocycles. The Bertz CT molecular complexity index is 760. The van der Waals surface area contributed by atoms with Gasteiger partial charge < -0.3 is 4.74 Å². The number of benzene rings is 2. The average molecular weight is 371 g/mol. The van der Waals surface area contributed by atoms with Gasteiger partial charge in [-0.15, -0.1) is 0 Å². The van der Waals surface area contributed by atoms with Crippen LogP contribution in [0.25, 0.3) is 0 Å². The molecule has 0 aliphatic carbocycles. The molecule has 1 fully saturated rings. The van der Waals surface area contributed by atoms with Crippen molar-refractivity contribution in [1.82, 2.24) is 4.90 Å². The topological polar surface area (TPSA) is 12.5 Å². The fourth-order valence-electron chi connectivity index (χ4n) is 3.10. The Morgan fingerprint density at radius 2 is 1.73 bits per heavy atom. The van der Waals surface area contributed by atoms with Gasteiger partial charge in [-0.1, -0.05) is 18.2 Å². The smallest absolute Gasteiger partial charge is 0.371 e. The molecule has 0 bridgehead atoms. The van der Waals surface area contributed by atoms with Crippen molar-refractivity contribution >= 4 is 0 Å². The van der Waals surface area contributed by atoms with Crippen LogP contribution in [0.2, 0.25) is 0 Å². The molecule has 2 atom stereocenters. The number of nitrogens with zero attached hydrogens (tertiary/aromatic N) is 1. The van der Waals surface area contributed by atoms with Crippen molar-refractivity contribution in [2.24, 2.45) is 0 Å². The van der Waals surface area contributed by atoms with Crippen LogP contribution >= 0.6 is 0 Å². The minimum Gasteiger partial charge on any atom is -0.371 e. The Kier molecular flexibility index (Phi) is 5.29. The van der Waals surface area contributed by atoms with Crippen LogP contribution in [0, 0.1) is 11.6 Å².